The molecule has 1 aliphatic carbocycles. The number of rotatable bonds is 2. The SMILES string of the molecule is COc1cc(Br)cc(F)c1C1C(=O)c2ccccc2C1=O. The molecule has 3 rings (SSSR count). The number of hydrogen-bond donors (Lipinski definition) is 0. The van der Waals surface area contributed by atoms with Crippen LogP contribution >= 0.6 is 15.9 Å². The van der Waals surface area contributed by atoms with Gasteiger partial charge in [-0.1, -0.05) is 40.2 Å². The summed E-state index contributed by atoms with van der Waals surface area (Å²) in [5.41, 5.74) is 0.653. The van der Waals surface area contributed by atoms with Crippen LogP contribution in [0.1, 0.15) is 32.2 Å². The topological polar surface area (TPSA) is 43.4 Å². The highest BCUT2D eigenvalue weighted by molar-refractivity contribution is 9.10. The van der Waals surface area contributed by atoms with Gasteiger partial charge < -0.3 is 4.74 Å². The van der Waals surface area contributed by atoms with E-state index in [2.05, 4.69) is 15.9 Å². The number of methoxy groups -OCH3 is 1. The maximum Gasteiger partial charge on any atom is 0.179 e. The lowest BCUT2D eigenvalue weighted by Gasteiger charge is -2.14. The van der Waals surface area contributed by atoms with Gasteiger partial charge in [-0.05, 0) is 12.1 Å². The van der Waals surface area contributed by atoms with Crippen LogP contribution in [0.3, 0.4) is 0 Å². The fourth-order valence-corrected chi connectivity index (χ4v) is 3.02. The first-order chi connectivity index (χ1) is 10.0. The third-order valence-electron chi connectivity index (χ3n) is 3.55. The van der Waals surface area contributed by atoms with Crippen LogP contribution in [0.5, 0.6) is 5.75 Å². The number of ether oxygens (including phenoxy) is 1. The lowest BCUT2D eigenvalue weighted by molar-refractivity contribution is 0.0886. The summed E-state index contributed by atoms with van der Waals surface area (Å²) in [6.07, 6.45) is 0. The minimum absolute atomic E-state index is 0.00750. The van der Waals surface area contributed by atoms with E-state index in [4.69, 9.17) is 4.74 Å². The molecule has 0 radical (unpaired) electrons. The molecule has 0 spiro atoms. The van der Waals surface area contributed by atoms with E-state index >= 15 is 0 Å². The summed E-state index contributed by atoms with van der Waals surface area (Å²) in [5.74, 6) is -2.42. The largest absolute Gasteiger partial charge is 0.496 e. The fraction of sp³-hybridized carbons (Fsp3) is 0.125. The molecule has 0 aromatic heterocycles. The van der Waals surface area contributed by atoms with Crippen LogP contribution < -0.4 is 4.74 Å². The van der Waals surface area contributed by atoms with Crippen molar-refractivity contribution < 1.29 is 18.7 Å². The highest BCUT2D eigenvalue weighted by Gasteiger charge is 2.42. The van der Waals surface area contributed by atoms with Crippen LogP contribution in [-0.4, -0.2) is 18.7 Å². The Hall–Kier alpha value is -2.01. The Kier molecular flexibility index (Phi) is 3.37. The monoisotopic (exact) mass is 348 g/mol. The zero-order valence-corrected chi connectivity index (χ0v) is 12.6. The molecule has 0 saturated carbocycles. The van der Waals surface area contributed by atoms with Crippen LogP contribution in [0.2, 0.25) is 0 Å². The molecule has 0 heterocycles. The molecule has 0 atom stereocenters. The second kappa shape index (κ2) is 5.07. The number of carbonyl (C=O) groups is 2. The number of hydrogen-bond acceptors (Lipinski definition) is 3. The summed E-state index contributed by atoms with van der Waals surface area (Å²) in [6, 6.07) is 9.30. The van der Waals surface area contributed by atoms with Crippen LogP contribution in [0.15, 0.2) is 40.9 Å². The number of fused-ring (bicyclic) bond motifs is 1. The van der Waals surface area contributed by atoms with Gasteiger partial charge >= 0.3 is 0 Å². The molecule has 1 aliphatic rings. The first-order valence-corrected chi connectivity index (χ1v) is 7.04. The summed E-state index contributed by atoms with van der Waals surface area (Å²) in [6.45, 7) is 0. The smallest absolute Gasteiger partial charge is 0.179 e. The van der Waals surface area contributed by atoms with E-state index < -0.39 is 23.3 Å². The van der Waals surface area contributed by atoms with Gasteiger partial charge in [-0.2, -0.15) is 0 Å². The number of halogens is 2. The molecule has 0 fully saturated rings. The predicted octanol–water partition coefficient (Wildman–Crippen LogP) is 3.76. The summed E-state index contributed by atoms with van der Waals surface area (Å²) in [4.78, 5) is 24.9. The van der Waals surface area contributed by atoms with Gasteiger partial charge in [-0.3, -0.25) is 9.59 Å². The zero-order chi connectivity index (χ0) is 15.1. The van der Waals surface area contributed by atoms with Crippen molar-refractivity contribution in [3.63, 3.8) is 0 Å². The maximum absolute atomic E-state index is 14.3. The van der Waals surface area contributed by atoms with Gasteiger partial charge in [0.25, 0.3) is 0 Å². The quantitative estimate of drug-likeness (QED) is 0.776. The molecule has 0 aliphatic heterocycles. The number of Topliss-reactive ketones (excluding diaryl/α,β-unsaturated/α-hetero) is 2. The molecule has 2 aromatic carbocycles. The first kappa shape index (κ1) is 13.9. The normalized spacial score (nSPS) is 14.4. The average Bonchev–Trinajstić information content (AvgIpc) is 2.71. The number of carbonyl (C=O) groups excluding carboxylic acids is 2. The Labute approximate surface area is 128 Å². The lowest BCUT2D eigenvalue weighted by atomic mass is 9.93. The Morgan fingerprint density at radius 1 is 1.10 bits per heavy atom. The van der Waals surface area contributed by atoms with Gasteiger partial charge in [0.05, 0.1) is 7.11 Å². The van der Waals surface area contributed by atoms with Crippen molar-refractivity contribution in [3.8, 4) is 5.75 Å². The molecule has 106 valence electrons. The van der Waals surface area contributed by atoms with Crippen molar-refractivity contribution in [1.29, 1.82) is 0 Å². The second-order valence-electron chi connectivity index (χ2n) is 4.71. The third-order valence-corrected chi connectivity index (χ3v) is 4.01. The Balaban J connectivity index is 2.20. The molecular weight excluding hydrogens is 339 g/mol. The Morgan fingerprint density at radius 3 is 2.19 bits per heavy atom. The van der Waals surface area contributed by atoms with Crippen molar-refractivity contribution in [2.45, 2.75) is 5.92 Å². The van der Waals surface area contributed by atoms with Crippen LogP contribution in [-0.2, 0) is 0 Å². The van der Waals surface area contributed by atoms with E-state index in [0.717, 1.165) is 0 Å². The van der Waals surface area contributed by atoms with E-state index in [1.54, 1.807) is 30.3 Å². The molecule has 0 amide bonds. The molecule has 0 N–H and O–H groups in total. The molecule has 2 aromatic rings. The van der Waals surface area contributed by atoms with Crippen molar-refractivity contribution in [3.05, 3.63) is 63.4 Å². The minimum Gasteiger partial charge on any atom is -0.496 e. The number of ketones is 2. The molecule has 3 nitrogen and oxygen atoms in total. The minimum atomic E-state index is -1.18. The molecule has 0 unspecified atom stereocenters. The van der Waals surface area contributed by atoms with Gasteiger partial charge in [-0.15, -0.1) is 0 Å². The Bertz CT molecular complexity index is 735. The Morgan fingerprint density at radius 2 is 1.67 bits per heavy atom. The highest BCUT2D eigenvalue weighted by atomic mass is 79.9. The van der Waals surface area contributed by atoms with Crippen molar-refractivity contribution in [2.24, 2.45) is 0 Å². The van der Waals surface area contributed by atoms with Gasteiger partial charge in [0.1, 0.15) is 17.5 Å². The standard InChI is InChI=1S/C16H10BrFO3/c1-21-12-7-8(17)6-11(18)13(12)14-15(19)9-4-2-3-5-10(9)16(14)20/h2-7,14H,1H3. The maximum atomic E-state index is 14.3. The molecule has 0 saturated heterocycles. The molecule has 0 bridgehead atoms. The molecule has 21 heavy (non-hydrogen) atoms. The average molecular weight is 349 g/mol. The van der Waals surface area contributed by atoms with Gasteiger partial charge in [0.2, 0.25) is 0 Å². The van der Waals surface area contributed by atoms with Crippen LogP contribution in [0, 0.1) is 5.82 Å². The van der Waals surface area contributed by atoms with E-state index in [1.807, 2.05) is 0 Å². The third kappa shape index (κ3) is 2.08. The van der Waals surface area contributed by atoms with E-state index in [0.29, 0.717) is 15.6 Å². The molecule has 5 heteroatoms. The summed E-state index contributed by atoms with van der Waals surface area (Å²) >= 11 is 3.17. The van der Waals surface area contributed by atoms with Crippen molar-refractivity contribution >= 4 is 27.5 Å². The van der Waals surface area contributed by atoms with Crippen LogP contribution in [0.4, 0.5) is 4.39 Å². The summed E-state index contributed by atoms with van der Waals surface area (Å²) in [7, 11) is 1.38. The summed E-state index contributed by atoms with van der Waals surface area (Å²) in [5, 5.41) is 0. The number of benzene rings is 2. The van der Waals surface area contributed by atoms with E-state index in [9.17, 15) is 14.0 Å². The molecular formula is C16H10BrFO3. The fourth-order valence-electron chi connectivity index (χ4n) is 2.62. The van der Waals surface area contributed by atoms with Gasteiger partial charge in [0.15, 0.2) is 11.6 Å². The zero-order valence-electron chi connectivity index (χ0n) is 11.0. The predicted molar refractivity (Wildman–Crippen MR) is 78.5 cm³/mol. The van der Waals surface area contributed by atoms with E-state index in [1.165, 1.54) is 13.2 Å². The lowest BCUT2D eigenvalue weighted by Crippen LogP contribution is -2.16. The van der Waals surface area contributed by atoms with Gasteiger partial charge in [0, 0.05) is 21.2 Å². The van der Waals surface area contributed by atoms with Crippen molar-refractivity contribution in [1.82, 2.24) is 0 Å². The highest BCUT2D eigenvalue weighted by Crippen LogP contribution is 2.40. The first-order valence-electron chi connectivity index (χ1n) is 6.25. The second-order valence-corrected chi connectivity index (χ2v) is 5.63. The van der Waals surface area contributed by atoms with Crippen LogP contribution in [0.25, 0.3) is 0 Å². The summed E-state index contributed by atoms with van der Waals surface area (Å²) < 4.78 is 19.9. The van der Waals surface area contributed by atoms with Gasteiger partial charge in [-0.25, -0.2) is 4.39 Å². The van der Waals surface area contributed by atoms with E-state index in [-0.39, 0.29) is 11.3 Å². The van der Waals surface area contributed by atoms with Crippen molar-refractivity contribution in [2.75, 3.05) is 7.11 Å².